The lowest BCUT2D eigenvalue weighted by molar-refractivity contribution is -0.384. The molecule has 3 rings (SSSR count). The first-order valence-electron chi connectivity index (χ1n) is 8.52. The van der Waals surface area contributed by atoms with Gasteiger partial charge in [0.15, 0.2) is 0 Å². The zero-order valence-electron chi connectivity index (χ0n) is 15.3. The number of non-ortho nitro benzene ring substituents is 1. The molecule has 1 aromatic carbocycles. The fourth-order valence-corrected chi connectivity index (χ4v) is 2.91. The number of nitriles is 1. The van der Waals surface area contributed by atoms with Gasteiger partial charge in [0, 0.05) is 23.3 Å². The van der Waals surface area contributed by atoms with Crippen LogP contribution >= 0.6 is 0 Å². The molecule has 0 spiro atoms. The van der Waals surface area contributed by atoms with Gasteiger partial charge in [-0.3, -0.25) is 24.6 Å². The van der Waals surface area contributed by atoms with E-state index in [1.165, 1.54) is 25.1 Å². The number of furan rings is 1. The molecule has 1 aliphatic heterocycles. The zero-order valence-corrected chi connectivity index (χ0v) is 15.3. The summed E-state index contributed by atoms with van der Waals surface area (Å²) in [5.74, 6) is -0.641. The fraction of sp³-hybridized carbons (Fsp3) is 0.150. The van der Waals surface area contributed by atoms with Crippen molar-refractivity contribution in [2.24, 2.45) is 0 Å². The summed E-state index contributed by atoms with van der Waals surface area (Å²) in [6.45, 7) is 0.851. The Kier molecular flexibility index (Phi) is 5.38. The average molecular weight is 393 g/mol. The number of aliphatic hydroxyl groups is 1. The number of amides is 2. The van der Waals surface area contributed by atoms with Crippen LogP contribution in [0.3, 0.4) is 0 Å². The number of hydrogen-bond acceptors (Lipinski definition) is 7. The van der Waals surface area contributed by atoms with Gasteiger partial charge in [0.2, 0.25) is 0 Å². The molecule has 2 heterocycles. The topological polar surface area (TPSA) is 138 Å². The molecule has 9 heteroatoms. The first-order chi connectivity index (χ1) is 13.9. The monoisotopic (exact) mass is 393 g/mol. The molecule has 1 aromatic heterocycles. The van der Waals surface area contributed by atoms with Gasteiger partial charge in [-0.1, -0.05) is 0 Å². The van der Waals surface area contributed by atoms with E-state index in [1.54, 1.807) is 30.3 Å². The maximum atomic E-state index is 12.7. The average Bonchev–Trinajstić information content (AvgIpc) is 3.18. The summed E-state index contributed by atoms with van der Waals surface area (Å²) in [7, 11) is 0. The van der Waals surface area contributed by atoms with E-state index in [0.29, 0.717) is 17.1 Å². The molecule has 29 heavy (non-hydrogen) atoms. The highest BCUT2D eigenvalue weighted by Gasteiger charge is 2.35. The van der Waals surface area contributed by atoms with E-state index in [9.17, 15) is 25.0 Å². The standard InChI is InChI=1S/C20H15N3O6/c1-12-16(19(25)22(8-9-24)20(26)17(12)11-21)10-15-6-7-18(29-15)13-2-4-14(5-3-13)23(27)28/h2-7,10,24H,8-9H2,1H3/b16-10-. The number of imide groups is 1. The lowest BCUT2D eigenvalue weighted by Gasteiger charge is -2.26. The maximum Gasteiger partial charge on any atom is 0.271 e. The van der Waals surface area contributed by atoms with Gasteiger partial charge in [-0.25, -0.2) is 0 Å². The van der Waals surface area contributed by atoms with Gasteiger partial charge in [0.05, 0.1) is 18.1 Å². The van der Waals surface area contributed by atoms with E-state index >= 15 is 0 Å². The number of carbonyl (C=O) groups excluding carboxylic acids is 2. The van der Waals surface area contributed by atoms with Crippen molar-refractivity contribution in [2.45, 2.75) is 6.92 Å². The molecule has 0 radical (unpaired) electrons. The second-order valence-electron chi connectivity index (χ2n) is 6.16. The Morgan fingerprint density at radius 1 is 1.21 bits per heavy atom. The van der Waals surface area contributed by atoms with Crippen molar-refractivity contribution in [3.8, 4) is 17.4 Å². The van der Waals surface area contributed by atoms with Crippen molar-refractivity contribution in [3.63, 3.8) is 0 Å². The highest BCUT2D eigenvalue weighted by Crippen LogP contribution is 2.29. The quantitative estimate of drug-likeness (QED) is 0.356. The number of benzene rings is 1. The minimum absolute atomic E-state index is 0.0473. The Bertz CT molecular complexity index is 1100. The summed E-state index contributed by atoms with van der Waals surface area (Å²) in [6, 6.07) is 10.8. The van der Waals surface area contributed by atoms with Crippen LogP contribution in [0.4, 0.5) is 5.69 Å². The van der Waals surface area contributed by atoms with E-state index < -0.39 is 23.3 Å². The third-order valence-corrected chi connectivity index (χ3v) is 4.43. The first-order valence-corrected chi connectivity index (χ1v) is 8.52. The molecule has 0 saturated carbocycles. The van der Waals surface area contributed by atoms with E-state index in [0.717, 1.165) is 4.90 Å². The predicted molar refractivity (Wildman–Crippen MR) is 101 cm³/mol. The molecule has 0 aliphatic carbocycles. The predicted octanol–water partition coefficient (Wildman–Crippen LogP) is 2.44. The molecule has 0 bridgehead atoms. The Balaban J connectivity index is 1.98. The molecule has 0 atom stereocenters. The maximum absolute atomic E-state index is 12.7. The van der Waals surface area contributed by atoms with Crippen LogP contribution in [0.5, 0.6) is 0 Å². The molecule has 146 valence electrons. The van der Waals surface area contributed by atoms with Gasteiger partial charge >= 0.3 is 0 Å². The molecule has 1 N–H and O–H groups in total. The summed E-state index contributed by atoms with van der Waals surface area (Å²) in [6.07, 6.45) is 1.42. The minimum Gasteiger partial charge on any atom is -0.457 e. The Labute approximate surface area is 164 Å². The van der Waals surface area contributed by atoms with Gasteiger partial charge in [0.1, 0.15) is 23.2 Å². The smallest absolute Gasteiger partial charge is 0.271 e. The molecule has 0 fully saturated rings. The number of nitro benzene ring substituents is 1. The third-order valence-electron chi connectivity index (χ3n) is 4.43. The second kappa shape index (κ2) is 7.92. The van der Waals surface area contributed by atoms with E-state index in [2.05, 4.69) is 0 Å². The van der Waals surface area contributed by atoms with Crippen molar-refractivity contribution in [3.05, 3.63) is 69.0 Å². The van der Waals surface area contributed by atoms with Crippen LogP contribution in [0.15, 0.2) is 57.5 Å². The number of hydrogen-bond donors (Lipinski definition) is 1. The van der Waals surface area contributed by atoms with Crippen LogP contribution in [0, 0.1) is 21.4 Å². The normalized spacial score (nSPS) is 15.8. The largest absolute Gasteiger partial charge is 0.457 e. The van der Waals surface area contributed by atoms with Crippen LogP contribution < -0.4 is 0 Å². The van der Waals surface area contributed by atoms with Crippen LogP contribution in [0.2, 0.25) is 0 Å². The Morgan fingerprint density at radius 3 is 2.48 bits per heavy atom. The minimum atomic E-state index is -0.743. The molecular formula is C20H15N3O6. The molecule has 9 nitrogen and oxygen atoms in total. The Morgan fingerprint density at radius 2 is 1.90 bits per heavy atom. The van der Waals surface area contributed by atoms with Crippen LogP contribution in [-0.2, 0) is 9.59 Å². The van der Waals surface area contributed by atoms with Crippen LogP contribution in [-0.4, -0.2) is 39.9 Å². The highest BCUT2D eigenvalue weighted by molar-refractivity contribution is 6.19. The molecule has 2 amide bonds. The molecule has 2 aromatic rings. The molecule has 1 aliphatic rings. The lowest BCUT2D eigenvalue weighted by Crippen LogP contribution is -2.44. The van der Waals surface area contributed by atoms with E-state index in [4.69, 9.17) is 9.52 Å². The van der Waals surface area contributed by atoms with Crippen molar-refractivity contribution < 1.29 is 24.0 Å². The van der Waals surface area contributed by atoms with Gasteiger partial charge in [-0.15, -0.1) is 0 Å². The molecule has 0 saturated heterocycles. The van der Waals surface area contributed by atoms with Crippen LogP contribution in [0.1, 0.15) is 12.7 Å². The SMILES string of the molecule is CC1=C(C#N)C(=O)N(CCO)C(=O)/C1=C\c1ccc(-c2ccc([N+](=O)[O-])cc2)o1. The second-order valence-corrected chi connectivity index (χ2v) is 6.16. The van der Waals surface area contributed by atoms with Crippen molar-refractivity contribution in [2.75, 3.05) is 13.2 Å². The summed E-state index contributed by atoms with van der Waals surface area (Å²) >= 11 is 0. The van der Waals surface area contributed by atoms with Gasteiger partial charge in [-0.2, -0.15) is 5.26 Å². The van der Waals surface area contributed by atoms with Gasteiger partial charge in [0.25, 0.3) is 17.5 Å². The number of rotatable bonds is 5. The van der Waals surface area contributed by atoms with E-state index in [1.807, 2.05) is 0 Å². The summed E-state index contributed by atoms with van der Waals surface area (Å²) in [5, 5.41) is 29.1. The summed E-state index contributed by atoms with van der Waals surface area (Å²) < 4.78 is 5.70. The number of nitrogens with zero attached hydrogens (tertiary/aromatic N) is 3. The molecular weight excluding hydrogens is 378 g/mol. The summed E-state index contributed by atoms with van der Waals surface area (Å²) in [4.78, 5) is 36.0. The molecule has 0 unspecified atom stereocenters. The first kappa shape index (κ1) is 19.7. The third kappa shape index (κ3) is 3.69. The fourth-order valence-electron chi connectivity index (χ4n) is 2.91. The number of nitro groups is 1. The Hall–Kier alpha value is -4.03. The highest BCUT2D eigenvalue weighted by atomic mass is 16.6. The van der Waals surface area contributed by atoms with Gasteiger partial charge in [-0.05, 0) is 42.8 Å². The van der Waals surface area contributed by atoms with Crippen molar-refractivity contribution >= 4 is 23.6 Å². The summed E-state index contributed by atoms with van der Waals surface area (Å²) in [5.41, 5.74) is 0.724. The van der Waals surface area contributed by atoms with E-state index in [-0.39, 0.29) is 29.0 Å². The number of β-amino-alcohol motifs (C(OH)–C–C–N with tert-alkyl or cyclic N) is 1. The lowest BCUT2D eigenvalue weighted by atomic mass is 9.95. The van der Waals surface area contributed by atoms with Crippen molar-refractivity contribution in [1.29, 1.82) is 5.26 Å². The zero-order chi connectivity index (χ0) is 21.1. The van der Waals surface area contributed by atoms with Gasteiger partial charge < -0.3 is 9.52 Å². The number of carbonyl (C=O) groups is 2. The number of aliphatic hydroxyl groups excluding tert-OH is 1. The van der Waals surface area contributed by atoms with Crippen molar-refractivity contribution in [1.82, 2.24) is 4.90 Å². The van der Waals surface area contributed by atoms with Crippen LogP contribution in [0.25, 0.3) is 17.4 Å².